The Kier molecular flexibility index (Phi) is 4.91. The van der Waals surface area contributed by atoms with E-state index in [2.05, 4.69) is 36.3 Å². The summed E-state index contributed by atoms with van der Waals surface area (Å²) in [5, 5.41) is 12.5. The molecule has 1 fully saturated rings. The molecule has 1 aromatic carbocycles. The number of hydrogen-bond donors (Lipinski definition) is 1. The van der Waals surface area contributed by atoms with Crippen LogP contribution in [0.1, 0.15) is 44.6 Å². The summed E-state index contributed by atoms with van der Waals surface area (Å²) in [5.74, 6) is 0.591. The SMILES string of the molecule is CCC(C)(C)n1nnnc1[C@@H](c1ccc(F)cc1)[NH+]1CCOCC1. The van der Waals surface area contributed by atoms with Crippen LogP contribution in [0.15, 0.2) is 24.3 Å². The van der Waals surface area contributed by atoms with Gasteiger partial charge in [-0.1, -0.05) is 6.92 Å². The quantitative estimate of drug-likeness (QED) is 0.885. The summed E-state index contributed by atoms with van der Waals surface area (Å²) in [7, 11) is 0. The average molecular weight is 334 g/mol. The third-order valence-electron chi connectivity index (χ3n) is 4.94. The maximum Gasteiger partial charge on any atom is 0.214 e. The van der Waals surface area contributed by atoms with Crippen LogP contribution in [0.25, 0.3) is 0 Å². The minimum absolute atomic E-state index is 0.0321. The molecule has 1 aromatic heterocycles. The normalized spacial score (nSPS) is 17.8. The highest BCUT2D eigenvalue weighted by molar-refractivity contribution is 5.23. The van der Waals surface area contributed by atoms with Crippen LogP contribution in [0.5, 0.6) is 0 Å². The Morgan fingerprint density at radius 2 is 1.92 bits per heavy atom. The molecule has 0 radical (unpaired) electrons. The molecule has 1 aliphatic rings. The monoisotopic (exact) mass is 334 g/mol. The van der Waals surface area contributed by atoms with Gasteiger partial charge in [0, 0.05) is 5.56 Å². The predicted octanol–water partition coefficient (Wildman–Crippen LogP) is 0.962. The van der Waals surface area contributed by atoms with Crippen LogP contribution in [-0.4, -0.2) is 46.5 Å². The van der Waals surface area contributed by atoms with Gasteiger partial charge in [-0.25, -0.2) is 9.07 Å². The summed E-state index contributed by atoms with van der Waals surface area (Å²) in [5.41, 5.74) is 0.847. The lowest BCUT2D eigenvalue weighted by molar-refractivity contribution is -0.933. The van der Waals surface area contributed by atoms with Gasteiger partial charge in [-0.15, -0.1) is 5.10 Å². The molecule has 7 heteroatoms. The smallest absolute Gasteiger partial charge is 0.214 e. The molecule has 2 aromatic rings. The van der Waals surface area contributed by atoms with Crippen molar-refractivity contribution in [1.29, 1.82) is 0 Å². The van der Waals surface area contributed by atoms with E-state index in [1.807, 2.05) is 16.8 Å². The standard InChI is InChI=1S/C17H24FN5O/c1-4-17(2,3)23-16(19-20-21-23)15(22-9-11-24-12-10-22)13-5-7-14(18)8-6-13/h5-8,15H,4,9-12H2,1-3H3/p+1/t15-/m1/s1. The van der Waals surface area contributed by atoms with E-state index < -0.39 is 0 Å². The molecule has 0 amide bonds. The zero-order chi connectivity index (χ0) is 17.2. The van der Waals surface area contributed by atoms with Crippen molar-refractivity contribution in [1.82, 2.24) is 20.2 Å². The molecule has 0 bridgehead atoms. The van der Waals surface area contributed by atoms with Gasteiger partial charge in [0.05, 0.1) is 18.8 Å². The molecule has 1 aliphatic heterocycles. The van der Waals surface area contributed by atoms with E-state index in [-0.39, 0.29) is 17.4 Å². The van der Waals surface area contributed by atoms with E-state index in [1.54, 1.807) is 0 Å². The second-order valence-electron chi connectivity index (χ2n) is 6.87. The van der Waals surface area contributed by atoms with E-state index in [9.17, 15) is 4.39 Å². The molecule has 2 heterocycles. The van der Waals surface area contributed by atoms with Gasteiger partial charge >= 0.3 is 0 Å². The lowest BCUT2D eigenvalue weighted by atomic mass is 9.99. The maximum absolute atomic E-state index is 13.4. The number of nitrogens with one attached hydrogen (secondary N) is 1. The highest BCUT2D eigenvalue weighted by Crippen LogP contribution is 2.25. The molecule has 6 nitrogen and oxygen atoms in total. The van der Waals surface area contributed by atoms with Crippen molar-refractivity contribution in [3.63, 3.8) is 0 Å². The number of quaternary nitrogens is 1. The van der Waals surface area contributed by atoms with E-state index in [0.717, 1.165) is 30.9 Å². The first-order valence-corrected chi connectivity index (χ1v) is 8.49. The van der Waals surface area contributed by atoms with Crippen molar-refractivity contribution in [2.45, 2.75) is 38.8 Å². The molecule has 1 saturated heterocycles. The Morgan fingerprint density at radius 3 is 2.54 bits per heavy atom. The van der Waals surface area contributed by atoms with Gasteiger partial charge in [-0.2, -0.15) is 0 Å². The number of ether oxygens (including phenoxy) is 1. The third-order valence-corrected chi connectivity index (χ3v) is 4.94. The van der Waals surface area contributed by atoms with Crippen LogP contribution >= 0.6 is 0 Å². The van der Waals surface area contributed by atoms with E-state index in [0.29, 0.717) is 13.2 Å². The topological polar surface area (TPSA) is 57.3 Å². The van der Waals surface area contributed by atoms with Gasteiger partial charge in [0.2, 0.25) is 5.82 Å². The average Bonchev–Trinajstić information content (AvgIpc) is 3.08. The van der Waals surface area contributed by atoms with Gasteiger partial charge in [-0.3, -0.25) is 0 Å². The van der Waals surface area contributed by atoms with Gasteiger partial charge in [0.1, 0.15) is 18.9 Å². The first-order valence-electron chi connectivity index (χ1n) is 8.49. The fourth-order valence-electron chi connectivity index (χ4n) is 3.10. The van der Waals surface area contributed by atoms with E-state index in [1.165, 1.54) is 17.0 Å². The van der Waals surface area contributed by atoms with Gasteiger partial charge in [0.25, 0.3) is 0 Å². The number of nitrogens with zero attached hydrogens (tertiary/aromatic N) is 4. The highest BCUT2D eigenvalue weighted by Gasteiger charge is 2.36. The number of aromatic nitrogens is 4. The molecular weight excluding hydrogens is 309 g/mol. The fraction of sp³-hybridized carbons (Fsp3) is 0.588. The lowest BCUT2D eigenvalue weighted by Gasteiger charge is -2.33. The lowest BCUT2D eigenvalue weighted by Crippen LogP contribution is -3.14. The van der Waals surface area contributed by atoms with Gasteiger partial charge < -0.3 is 9.64 Å². The first-order chi connectivity index (χ1) is 11.5. The minimum Gasteiger partial charge on any atom is -0.370 e. The van der Waals surface area contributed by atoms with Crippen LogP contribution in [-0.2, 0) is 10.3 Å². The molecule has 1 N–H and O–H groups in total. The van der Waals surface area contributed by atoms with Gasteiger partial charge in [0.15, 0.2) is 6.04 Å². The number of tetrazole rings is 1. The molecule has 130 valence electrons. The molecule has 24 heavy (non-hydrogen) atoms. The minimum atomic E-state index is -0.233. The van der Waals surface area contributed by atoms with Crippen LogP contribution in [0.2, 0.25) is 0 Å². The number of rotatable bonds is 5. The predicted molar refractivity (Wildman–Crippen MR) is 87.2 cm³/mol. The van der Waals surface area contributed by atoms with Crippen molar-refractivity contribution in [2.24, 2.45) is 0 Å². The van der Waals surface area contributed by atoms with Crippen LogP contribution in [0.3, 0.4) is 0 Å². The molecule has 0 aliphatic carbocycles. The Balaban J connectivity index is 2.05. The molecule has 0 unspecified atom stereocenters. The summed E-state index contributed by atoms with van der Waals surface area (Å²) in [6, 6.07) is 6.64. The van der Waals surface area contributed by atoms with Gasteiger partial charge in [-0.05, 0) is 55.0 Å². The van der Waals surface area contributed by atoms with Crippen molar-refractivity contribution in [2.75, 3.05) is 26.3 Å². The molecule has 3 rings (SSSR count). The Morgan fingerprint density at radius 1 is 1.25 bits per heavy atom. The Bertz CT molecular complexity index is 664. The van der Waals surface area contributed by atoms with E-state index >= 15 is 0 Å². The summed E-state index contributed by atoms with van der Waals surface area (Å²) in [6.45, 7) is 9.56. The summed E-state index contributed by atoms with van der Waals surface area (Å²) < 4.78 is 20.8. The molecule has 1 atom stereocenters. The Labute approximate surface area is 141 Å². The summed E-state index contributed by atoms with van der Waals surface area (Å²) >= 11 is 0. The first kappa shape index (κ1) is 17.0. The summed E-state index contributed by atoms with van der Waals surface area (Å²) in [6.07, 6.45) is 0.916. The molecular formula is C17H25FN5O+. The number of morpholine rings is 1. The molecule has 0 spiro atoms. The second-order valence-corrected chi connectivity index (χ2v) is 6.87. The second kappa shape index (κ2) is 6.94. The fourth-order valence-corrected chi connectivity index (χ4v) is 3.10. The maximum atomic E-state index is 13.4. The van der Waals surface area contributed by atoms with Crippen LogP contribution < -0.4 is 4.90 Å². The summed E-state index contributed by atoms with van der Waals surface area (Å²) in [4.78, 5) is 1.34. The third kappa shape index (κ3) is 3.32. The molecule has 0 saturated carbocycles. The zero-order valence-electron chi connectivity index (χ0n) is 14.5. The van der Waals surface area contributed by atoms with Crippen molar-refractivity contribution < 1.29 is 14.0 Å². The number of halogens is 1. The van der Waals surface area contributed by atoms with Crippen LogP contribution in [0, 0.1) is 5.82 Å². The van der Waals surface area contributed by atoms with Crippen molar-refractivity contribution in [3.05, 3.63) is 41.5 Å². The van der Waals surface area contributed by atoms with E-state index in [4.69, 9.17) is 4.74 Å². The van der Waals surface area contributed by atoms with Crippen molar-refractivity contribution in [3.8, 4) is 0 Å². The van der Waals surface area contributed by atoms with Crippen molar-refractivity contribution >= 4 is 0 Å². The number of benzene rings is 1. The number of hydrogen-bond acceptors (Lipinski definition) is 4. The zero-order valence-corrected chi connectivity index (χ0v) is 14.5. The largest absolute Gasteiger partial charge is 0.370 e. The van der Waals surface area contributed by atoms with Crippen LogP contribution in [0.4, 0.5) is 4.39 Å². The highest BCUT2D eigenvalue weighted by atomic mass is 19.1. The Hall–Kier alpha value is -1.86.